The van der Waals surface area contributed by atoms with E-state index in [1.54, 1.807) is 6.07 Å². The van der Waals surface area contributed by atoms with Crippen molar-refractivity contribution >= 4 is 29.6 Å². The maximum Gasteiger partial charge on any atom is 0.488 e. The fourth-order valence-corrected chi connectivity index (χ4v) is 4.40. The molecule has 2 N–H and O–H groups in total. The van der Waals surface area contributed by atoms with Gasteiger partial charge < -0.3 is 14.9 Å². The van der Waals surface area contributed by atoms with Crippen LogP contribution in [0.15, 0.2) is 127 Å². The first-order valence-electron chi connectivity index (χ1n) is 11.5. The number of hydrogen-bond donors (Lipinski definition) is 2. The van der Waals surface area contributed by atoms with Crippen LogP contribution in [0, 0.1) is 0 Å². The Kier molecular flexibility index (Phi) is 6.43. The zero-order valence-electron chi connectivity index (χ0n) is 18.8. The Hall–Kier alpha value is -3.86. The molecule has 0 saturated heterocycles. The third-order valence-corrected chi connectivity index (χ3v) is 6.22. The average Bonchev–Trinajstić information content (AvgIpc) is 2.91. The van der Waals surface area contributed by atoms with E-state index in [-0.39, 0.29) is 0 Å². The quantitative estimate of drug-likeness (QED) is 0.354. The van der Waals surface area contributed by atoms with Crippen molar-refractivity contribution in [3.05, 3.63) is 133 Å². The average molecular weight is 443 g/mol. The number of allylic oxidation sites excluding steroid dienone is 4. The smallest absolute Gasteiger partial charge is 0.423 e. The summed E-state index contributed by atoms with van der Waals surface area (Å²) in [4.78, 5) is 2.14. The lowest BCUT2D eigenvalue weighted by atomic mass is 9.80. The zero-order valence-corrected chi connectivity index (χ0v) is 18.8. The van der Waals surface area contributed by atoms with Gasteiger partial charge in [-0.15, -0.1) is 0 Å². The second-order valence-electron chi connectivity index (χ2n) is 8.46. The first-order valence-corrected chi connectivity index (χ1v) is 11.5. The van der Waals surface area contributed by atoms with Crippen LogP contribution in [0.3, 0.4) is 0 Å². The molecule has 4 aromatic carbocycles. The summed E-state index contributed by atoms with van der Waals surface area (Å²) in [7, 11) is -1.52. The molecule has 0 saturated carbocycles. The fourth-order valence-electron chi connectivity index (χ4n) is 4.40. The normalized spacial score (nSPS) is 14.7. The van der Waals surface area contributed by atoms with Crippen LogP contribution in [0.2, 0.25) is 0 Å². The molecule has 4 heteroatoms. The van der Waals surface area contributed by atoms with Crippen LogP contribution in [0.1, 0.15) is 17.9 Å². The van der Waals surface area contributed by atoms with Crippen molar-refractivity contribution in [1.29, 1.82) is 0 Å². The van der Waals surface area contributed by atoms with Crippen LogP contribution in [0.4, 0.5) is 17.1 Å². The standard InChI is InChI=1S/C30H26BNO2/c33-31(34)27-12-7-13-30(22-27)32(28-18-14-25(15-19-28)23-8-3-1-4-9-23)29-20-16-26(17-21-29)24-10-5-2-6-11-24/h1-10,12-22,24,33-34H,11H2. The highest BCUT2D eigenvalue weighted by Gasteiger charge is 2.17. The van der Waals surface area contributed by atoms with E-state index in [2.05, 4.69) is 89.9 Å². The second-order valence-corrected chi connectivity index (χ2v) is 8.46. The molecule has 166 valence electrons. The molecule has 0 heterocycles. The van der Waals surface area contributed by atoms with Gasteiger partial charge in [0, 0.05) is 23.0 Å². The third kappa shape index (κ3) is 4.74. The first kappa shape index (κ1) is 22.0. The van der Waals surface area contributed by atoms with Crippen LogP contribution < -0.4 is 10.4 Å². The Morgan fingerprint density at radius 2 is 1.32 bits per heavy atom. The third-order valence-electron chi connectivity index (χ3n) is 6.22. The minimum atomic E-state index is -1.52. The van der Waals surface area contributed by atoms with E-state index < -0.39 is 7.12 Å². The summed E-state index contributed by atoms with van der Waals surface area (Å²) in [6.45, 7) is 0. The van der Waals surface area contributed by atoms with Crippen LogP contribution in [-0.4, -0.2) is 17.2 Å². The van der Waals surface area contributed by atoms with Gasteiger partial charge in [0.1, 0.15) is 0 Å². The predicted molar refractivity (Wildman–Crippen MR) is 142 cm³/mol. The highest BCUT2D eigenvalue weighted by molar-refractivity contribution is 6.58. The van der Waals surface area contributed by atoms with Crippen LogP contribution in [0.5, 0.6) is 0 Å². The topological polar surface area (TPSA) is 43.7 Å². The lowest BCUT2D eigenvalue weighted by Gasteiger charge is -2.27. The number of anilines is 3. The van der Waals surface area contributed by atoms with Gasteiger partial charge in [-0.1, -0.05) is 91.0 Å². The molecule has 1 aliphatic carbocycles. The van der Waals surface area contributed by atoms with E-state index in [9.17, 15) is 10.0 Å². The van der Waals surface area contributed by atoms with Gasteiger partial charge in [-0.05, 0) is 65.0 Å². The molecule has 0 bridgehead atoms. The Morgan fingerprint density at radius 1 is 0.647 bits per heavy atom. The highest BCUT2D eigenvalue weighted by atomic mass is 16.4. The molecule has 0 spiro atoms. The number of hydrogen-bond acceptors (Lipinski definition) is 3. The minimum Gasteiger partial charge on any atom is -0.423 e. The SMILES string of the molecule is OB(O)c1cccc(N(c2ccc(-c3ccccc3)cc2)c2ccc(C3C=CC=CC3)cc2)c1. The van der Waals surface area contributed by atoms with Crippen molar-refractivity contribution in [2.45, 2.75) is 12.3 Å². The van der Waals surface area contributed by atoms with Gasteiger partial charge in [0.15, 0.2) is 0 Å². The maximum atomic E-state index is 9.74. The van der Waals surface area contributed by atoms with Crippen molar-refractivity contribution in [2.75, 3.05) is 4.90 Å². The summed E-state index contributed by atoms with van der Waals surface area (Å²) in [5.74, 6) is 0.394. The molecule has 34 heavy (non-hydrogen) atoms. The van der Waals surface area contributed by atoms with Gasteiger partial charge in [0.25, 0.3) is 0 Å². The predicted octanol–water partition coefficient (Wildman–Crippen LogP) is 6.10. The van der Waals surface area contributed by atoms with Gasteiger partial charge in [-0.3, -0.25) is 0 Å². The van der Waals surface area contributed by atoms with Gasteiger partial charge in [0.05, 0.1) is 0 Å². The van der Waals surface area contributed by atoms with Crippen LogP contribution >= 0.6 is 0 Å². The van der Waals surface area contributed by atoms with E-state index >= 15 is 0 Å². The second kappa shape index (κ2) is 9.96. The molecule has 5 rings (SSSR count). The van der Waals surface area contributed by atoms with Crippen molar-refractivity contribution in [3.63, 3.8) is 0 Å². The minimum absolute atomic E-state index is 0.394. The molecule has 3 nitrogen and oxygen atoms in total. The highest BCUT2D eigenvalue weighted by Crippen LogP contribution is 2.36. The molecular weight excluding hydrogens is 417 g/mol. The molecule has 1 aliphatic rings. The summed E-state index contributed by atoms with van der Waals surface area (Å²) < 4.78 is 0. The van der Waals surface area contributed by atoms with E-state index in [1.165, 1.54) is 11.1 Å². The lowest BCUT2D eigenvalue weighted by Crippen LogP contribution is -2.30. The number of benzene rings is 4. The van der Waals surface area contributed by atoms with Gasteiger partial charge in [-0.2, -0.15) is 0 Å². The molecule has 1 atom stereocenters. The molecular formula is C30H26BNO2. The maximum absolute atomic E-state index is 9.74. The molecule has 0 aliphatic heterocycles. The Balaban J connectivity index is 1.53. The van der Waals surface area contributed by atoms with Crippen molar-refractivity contribution in [2.24, 2.45) is 0 Å². The monoisotopic (exact) mass is 443 g/mol. The number of rotatable bonds is 6. The molecule has 0 aromatic heterocycles. The molecule has 4 aromatic rings. The van der Waals surface area contributed by atoms with Gasteiger partial charge in [-0.25, -0.2) is 0 Å². The molecule has 0 amide bonds. The first-order chi connectivity index (χ1) is 16.7. The van der Waals surface area contributed by atoms with Crippen molar-refractivity contribution < 1.29 is 10.0 Å². The molecule has 1 unspecified atom stereocenters. The largest absolute Gasteiger partial charge is 0.488 e. The molecule has 0 fully saturated rings. The van der Waals surface area contributed by atoms with Crippen molar-refractivity contribution in [3.8, 4) is 11.1 Å². The fraction of sp³-hybridized carbons (Fsp3) is 0.0667. The van der Waals surface area contributed by atoms with E-state index in [4.69, 9.17) is 0 Å². The van der Waals surface area contributed by atoms with E-state index in [1.807, 2.05) is 36.4 Å². The van der Waals surface area contributed by atoms with Gasteiger partial charge >= 0.3 is 7.12 Å². The zero-order chi connectivity index (χ0) is 23.3. The summed E-state index contributed by atoms with van der Waals surface area (Å²) in [6.07, 6.45) is 9.64. The Morgan fingerprint density at radius 3 is 1.97 bits per heavy atom. The van der Waals surface area contributed by atoms with Crippen LogP contribution in [0.25, 0.3) is 11.1 Å². The summed E-state index contributed by atoms with van der Waals surface area (Å²) >= 11 is 0. The Labute approximate surface area is 201 Å². The summed E-state index contributed by atoms with van der Waals surface area (Å²) in [5, 5.41) is 19.5. The van der Waals surface area contributed by atoms with Crippen molar-refractivity contribution in [1.82, 2.24) is 0 Å². The number of nitrogens with zero attached hydrogens (tertiary/aromatic N) is 1. The summed E-state index contributed by atoms with van der Waals surface area (Å²) in [6, 6.07) is 34.8. The van der Waals surface area contributed by atoms with E-state index in [0.717, 1.165) is 29.0 Å². The van der Waals surface area contributed by atoms with Crippen LogP contribution in [-0.2, 0) is 0 Å². The Bertz CT molecular complexity index is 1300. The summed E-state index contributed by atoms with van der Waals surface area (Å²) in [5.41, 5.74) is 6.93. The van der Waals surface area contributed by atoms with E-state index in [0.29, 0.717) is 11.4 Å². The lowest BCUT2D eigenvalue weighted by molar-refractivity contribution is 0.426. The van der Waals surface area contributed by atoms with Gasteiger partial charge in [0.2, 0.25) is 0 Å². The molecule has 0 radical (unpaired) electrons.